The number of fused-ring (bicyclic) bond motifs is 1. The van der Waals surface area contributed by atoms with Crippen LogP contribution >= 0.6 is 11.6 Å². The van der Waals surface area contributed by atoms with Crippen molar-refractivity contribution in [2.24, 2.45) is 0 Å². The number of halogens is 2. The molecule has 8 heteroatoms. The minimum atomic E-state index is -1.76. The van der Waals surface area contributed by atoms with E-state index in [1.807, 2.05) is 0 Å². The number of rotatable bonds is 5. The summed E-state index contributed by atoms with van der Waals surface area (Å²) in [5.74, 6) is -4.28. The van der Waals surface area contributed by atoms with Crippen molar-refractivity contribution >= 4 is 40.0 Å². The number of carboxylic acids is 1. The minimum absolute atomic E-state index is 0.213. The zero-order valence-corrected chi connectivity index (χ0v) is 15.0. The van der Waals surface area contributed by atoms with Gasteiger partial charge in [-0.2, -0.15) is 0 Å². The molecule has 0 unspecified atom stereocenters. The second-order valence-corrected chi connectivity index (χ2v) is 6.42. The number of benzene rings is 2. The largest absolute Gasteiger partial charge is 0.507 e. The number of carbonyl (C=O) groups is 2. The van der Waals surface area contributed by atoms with Crippen LogP contribution in [-0.2, 0) is 16.1 Å². The first-order chi connectivity index (χ1) is 13.3. The van der Waals surface area contributed by atoms with Gasteiger partial charge in [0.1, 0.15) is 11.6 Å². The van der Waals surface area contributed by atoms with Gasteiger partial charge in [0.05, 0.1) is 11.1 Å². The molecule has 0 aliphatic carbocycles. The van der Waals surface area contributed by atoms with E-state index in [0.717, 1.165) is 0 Å². The number of ketones is 1. The average molecular weight is 402 g/mol. The van der Waals surface area contributed by atoms with Crippen LogP contribution in [0.15, 0.2) is 59.5 Å². The lowest BCUT2D eigenvalue weighted by molar-refractivity contribution is -0.146. The Morgan fingerprint density at radius 1 is 1.11 bits per heavy atom. The van der Waals surface area contributed by atoms with Crippen molar-refractivity contribution in [3.05, 3.63) is 86.9 Å². The van der Waals surface area contributed by atoms with Crippen LogP contribution in [-0.4, -0.2) is 26.5 Å². The molecule has 1 aromatic heterocycles. The summed E-state index contributed by atoms with van der Waals surface area (Å²) in [6, 6.07) is 10.2. The molecule has 0 aliphatic rings. The van der Waals surface area contributed by atoms with E-state index < -0.39 is 28.8 Å². The summed E-state index contributed by atoms with van der Waals surface area (Å²) in [6.45, 7) is 0.213. The van der Waals surface area contributed by atoms with Crippen LogP contribution in [0, 0.1) is 5.82 Å². The van der Waals surface area contributed by atoms with Crippen molar-refractivity contribution < 1.29 is 24.2 Å². The Morgan fingerprint density at radius 2 is 1.79 bits per heavy atom. The molecule has 0 bridgehead atoms. The van der Waals surface area contributed by atoms with E-state index in [-0.39, 0.29) is 17.5 Å². The summed E-state index contributed by atoms with van der Waals surface area (Å²) >= 11 is 6.04. The van der Waals surface area contributed by atoms with E-state index >= 15 is 0 Å². The highest BCUT2D eigenvalue weighted by Crippen LogP contribution is 2.21. The van der Waals surface area contributed by atoms with E-state index in [4.69, 9.17) is 16.7 Å². The topological polar surface area (TPSA) is 96.6 Å². The van der Waals surface area contributed by atoms with E-state index in [1.165, 1.54) is 30.5 Å². The Balaban J connectivity index is 2.21. The number of aromatic nitrogens is 1. The molecular formula is C20H13ClFNO5. The molecule has 0 spiro atoms. The molecule has 0 aliphatic heterocycles. The number of carboxylic acid groups (broad SMARTS) is 1. The molecule has 2 N–H and O–H groups in total. The zero-order chi connectivity index (χ0) is 20.4. The predicted octanol–water partition coefficient (Wildman–Crippen LogP) is 3.39. The van der Waals surface area contributed by atoms with Crippen LogP contribution in [0.5, 0.6) is 0 Å². The van der Waals surface area contributed by atoms with E-state index in [9.17, 15) is 23.9 Å². The van der Waals surface area contributed by atoms with E-state index in [1.54, 1.807) is 22.8 Å². The Labute approximate surface area is 162 Å². The molecule has 6 nitrogen and oxygen atoms in total. The smallest absolute Gasteiger partial charge is 0.376 e. The van der Waals surface area contributed by atoms with Crippen LogP contribution in [0.4, 0.5) is 4.39 Å². The van der Waals surface area contributed by atoms with Crippen molar-refractivity contribution in [2.45, 2.75) is 6.54 Å². The van der Waals surface area contributed by atoms with Crippen molar-refractivity contribution in [1.82, 2.24) is 4.57 Å². The van der Waals surface area contributed by atoms with Crippen molar-refractivity contribution in [2.75, 3.05) is 0 Å². The fraction of sp³-hybridized carbons (Fsp3) is 0.0500. The second-order valence-electron chi connectivity index (χ2n) is 5.99. The predicted molar refractivity (Wildman–Crippen MR) is 102 cm³/mol. The third-order valence-electron chi connectivity index (χ3n) is 4.06. The molecule has 142 valence electrons. The highest BCUT2D eigenvalue weighted by molar-refractivity contribution is 6.38. The molecule has 0 saturated carbocycles. The SMILES string of the molecule is O=C(O)C(=O)C=C(O)c1cn(Cc2ccc(F)cc2)c2cc(Cl)ccc2c1=O. The lowest BCUT2D eigenvalue weighted by Crippen LogP contribution is -2.16. The maximum Gasteiger partial charge on any atom is 0.376 e. The van der Waals surface area contributed by atoms with Gasteiger partial charge >= 0.3 is 5.97 Å². The van der Waals surface area contributed by atoms with Gasteiger partial charge in [0.15, 0.2) is 5.43 Å². The lowest BCUT2D eigenvalue weighted by atomic mass is 10.1. The van der Waals surface area contributed by atoms with Crippen molar-refractivity contribution in [3.8, 4) is 0 Å². The van der Waals surface area contributed by atoms with Crippen LogP contribution in [0.1, 0.15) is 11.1 Å². The molecule has 0 amide bonds. The molecule has 0 radical (unpaired) electrons. The maximum absolute atomic E-state index is 13.2. The molecule has 0 atom stereocenters. The lowest BCUT2D eigenvalue weighted by Gasteiger charge is -2.14. The summed E-state index contributed by atoms with van der Waals surface area (Å²) in [4.78, 5) is 34.8. The summed E-state index contributed by atoms with van der Waals surface area (Å²) < 4.78 is 14.8. The Morgan fingerprint density at radius 3 is 2.43 bits per heavy atom. The number of hydrogen-bond donors (Lipinski definition) is 2. The van der Waals surface area contributed by atoms with E-state index in [2.05, 4.69) is 0 Å². The fourth-order valence-corrected chi connectivity index (χ4v) is 2.89. The van der Waals surface area contributed by atoms with Gasteiger partial charge in [-0.25, -0.2) is 9.18 Å². The first kappa shape index (κ1) is 19.3. The fourth-order valence-electron chi connectivity index (χ4n) is 2.73. The van der Waals surface area contributed by atoms with Gasteiger partial charge in [0.25, 0.3) is 5.78 Å². The first-order valence-corrected chi connectivity index (χ1v) is 8.39. The quantitative estimate of drug-likeness (QED) is 0.388. The number of nitrogens with zero attached hydrogens (tertiary/aromatic N) is 1. The number of hydrogen-bond acceptors (Lipinski definition) is 4. The van der Waals surface area contributed by atoms with Crippen LogP contribution in [0.25, 0.3) is 16.7 Å². The van der Waals surface area contributed by atoms with Crippen molar-refractivity contribution in [1.29, 1.82) is 0 Å². The molecule has 0 saturated heterocycles. The summed E-state index contributed by atoms with van der Waals surface area (Å²) in [5.41, 5.74) is 0.339. The van der Waals surface area contributed by atoms with Gasteiger partial charge in [-0.05, 0) is 35.9 Å². The van der Waals surface area contributed by atoms with Gasteiger partial charge < -0.3 is 14.8 Å². The van der Waals surface area contributed by atoms with Crippen LogP contribution < -0.4 is 5.43 Å². The van der Waals surface area contributed by atoms with Crippen LogP contribution in [0.3, 0.4) is 0 Å². The number of carbonyl (C=O) groups excluding carboxylic acids is 1. The van der Waals surface area contributed by atoms with Gasteiger partial charge in [-0.1, -0.05) is 23.7 Å². The van der Waals surface area contributed by atoms with Gasteiger partial charge in [-0.15, -0.1) is 0 Å². The normalized spacial score (nSPS) is 11.6. The molecule has 0 fully saturated rings. The van der Waals surface area contributed by atoms with Crippen LogP contribution in [0.2, 0.25) is 5.02 Å². The maximum atomic E-state index is 13.2. The van der Waals surface area contributed by atoms with Gasteiger partial charge in [0, 0.05) is 29.2 Å². The third-order valence-corrected chi connectivity index (χ3v) is 4.30. The molecule has 1 heterocycles. The second kappa shape index (κ2) is 7.66. The summed E-state index contributed by atoms with van der Waals surface area (Å²) in [6.07, 6.45) is 1.77. The highest BCUT2D eigenvalue weighted by Gasteiger charge is 2.16. The third kappa shape index (κ3) is 3.94. The van der Waals surface area contributed by atoms with Gasteiger partial charge in [-0.3, -0.25) is 9.59 Å². The number of aliphatic hydroxyl groups is 1. The molecule has 28 heavy (non-hydrogen) atoms. The van der Waals surface area contributed by atoms with E-state index in [0.29, 0.717) is 22.2 Å². The summed E-state index contributed by atoms with van der Waals surface area (Å²) in [7, 11) is 0. The molecule has 2 aromatic carbocycles. The Kier molecular flexibility index (Phi) is 5.28. The minimum Gasteiger partial charge on any atom is -0.507 e. The van der Waals surface area contributed by atoms with Crippen molar-refractivity contribution in [3.63, 3.8) is 0 Å². The Bertz CT molecular complexity index is 1180. The molecule has 3 rings (SSSR count). The van der Waals surface area contributed by atoms with Gasteiger partial charge in [0.2, 0.25) is 0 Å². The zero-order valence-electron chi connectivity index (χ0n) is 14.2. The molecule has 3 aromatic rings. The highest BCUT2D eigenvalue weighted by atomic mass is 35.5. The monoisotopic (exact) mass is 401 g/mol. The Hall–Kier alpha value is -3.45. The first-order valence-electron chi connectivity index (χ1n) is 8.01. The molecular weight excluding hydrogens is 389 g/mol. The average Bonchev–Trinajstić information content (AvgIpc) is 2.65. The standard InChI is InChI=1S/C20H13ClFNO5/c21-12-3-6-14-16(7-12)23(9-11-1-4-13(22)5-2-11)10-15(19(14)26)17(24)8-18(25)20(27)28/h1-8,10,24H,9H2,(H,27,28). The number of aliphatic hydroxyl groups excluding tert-OH is 1. The number of aliphatic carboxylic acids is 1. The number of pyridine rings is 1. The summed E-state index contributed by atoms with van der Waals surface area (Å²) in [5, 5.41) is 19.4.